The van der Waals surface area contributed by atoms with Crippen LogP contribution in [0.25, 0.3) is 0 Å². The number of hydrogen-bond acceptors (Lipinski definition) is 8. The fourth-order valence-electron chi connectivity index (χ4n) is 5.35. The van der Waals surface area contributed by atoms with Crippen molar-refractivity contribution in [2.24, 2.45) is 5.10 Å². The minimum atomic E-state index is -2.78. The zero-order valence-electron chi connectivity index (χ0n) is 25.7. The Morgan fingerprint density at radius 3 is 1.41 bits per heavy atom. The summed E-state index contributed by atoms with van der Waals surface area (Å²) in [5, 5.41) is 7.35. The van der Waals surface area contributed by atoms with E-state index in [4.69, 9.17) is 31.7 Å². The number of nitrogens with zero attached hydrogens (tertiary/aromatic N) is 2. The van der Waals surface area contributed by atoms with Gasteiger partial charge in [0.25, 0.3) is 0 Å². The van der Waals surface area contributed by atoms with Crippen molar-refractivity contribution in [3.8, 4) is 0 Å². The Balaban J connectivity index is 2.45. The highest BCUT2D eigenvalue weighted by molar-refractivity contribution is 6.61. The first-order valence-corrected chi connectivity index (χ1v) is 19.0. The Hall–Kier alpha value is -1.12. The van der Waals surface area contributed by atoms with Gasteiger partial charge in [0.05, 0.1) is 5.71 Å². The fraction of sp³-hybridized carbons (Fsp3) is 0.759. The molecule has 39 heavy (non-hydrogen) atoms. The molecule has 0 N–H and O–H groups in total. The summed E-state index contributed by atoms with van der Waals surface area (Å²) in [6.45, 7) is 19.7. The first kappa shape index (κ1) is 34.1. The van der Waals surface area contributed by atoms with Gasteiger partial charge in [-0.2, -0.15) is 5.10 Å². The lowest BCUT2D eigenvalue weighted by Gasteiger charge is -2.30. The van der Waals surface area contributed by atoms with Crippen LogP contribution in [0.3, 0.4) is 0 Å². The summed E-state index contributed by atoms with van der Waals surface area (Å²) in [7, 11) is -5.56. The van der Waals surface area contributed by atoms with Crippen molar-refractivity contribution in [3.63, 3.8) is 0 Å². The van der Waals surface area contributed by atoms with Gasteiger partial charge in [-0.25, -0.2) is 0 Å². The quantitative estimate of drug-likeness (QED) is 0.136. The lowest BCUT2D eigenvalue weighted by molar-refractivity contribution is 0.0707. The molecule has 1 aliphatic rings. The number of aryl methyl sites for hydroxylation is 2. The fourth-order valence-corrected chi connectivity index (χ4v) is 10.5. The van der Waals surface area contributed by atoms with Crippen molar-refractivity contribution in [2.45, 2.75) is 92.7 Å². The second-order valence-corrected chi connectivity index (χ2v) is 15.1. The van der Waals surface area contributed by atoms with E-state index in [-0.39, 0.29) is 0 Å². The first-order chi connectivity index (χ1) is 18.9. The predicted molar refractivity (Wildman–Crippen MR) is 162 cm³/mol. The zero-order valence-corrected chi connectivity index (χ0v) is 27.7. The Morgan fingerprint density at radius 2 is 1.05 bits per heavy atom. The van der Waals surface area contributed by atoms with E-state index in [2.05, 4.69) is 30.1 Å². The van der Waals surface area contributed by atoms with Gasteiger partial charge in [0, 0.05) is 70.4 Å². The van der Waals surface area contributed by atoms with Crippen LogP contribution in [0.5, 0.6) is 0 Å². The highest BCUT2D eigenvalue weighted by Gasteiger charge is 2.41. The van der Waals surface area contributed by atoms with Crippen LogP contribution in [0.1, 0.15) is 84.4 Å². The van der Waals surface area contributed by atoms with E-state index in [0.29, 0.717) is 39.6 Å². The zero-order chi connectivity index (χ0) is 28.6. The third-order valence-corrected chi connectivity index (χ3v) is 12.9. The monoisotopic (exact) mass is 582 g/mol. The maximum Gasteiger partial charge on any atom is 0.501 e. The molecule has 1 fully saturated rings. The molecule has 0 atom stereocenters. The van der Waals surface area contributed by atoms with Gasteiger partial charge in [0.15, 0.2) is 0 Å². The number of benzene rings is 1. The van der Waals surface area contributed by atoms with Crippen molar-refractivity contribution in [2.75, 3.05) is 52.7 Å². The van der Waals surface area contributed by atoms with Crippen LogP contribution < -0.4 is 0 Å². The lowest BCUT2D eigenvalue weighted by atomic mass is 9.94. The molecule has 10 heteroatoms. The first-order valence-electron chi connectivity index (χ1n) is 15.2. The Morgan fingerprint density at radius 1 is 0.667 bits per heavy atom. The smallest absolute Gasteiger partial charge is 0.374 e. The highest BCUT2D eigenvalue weighted by Crippen LogP contribution is 2.27. The van der Waals surface area contributed by atoms with Crippen molar-refractivity contribution in [1.82, 2.24) is 5.01 Å². The van der Waals surface area contributed by atoms with E-state index >= 15 is 0 Å². The van der Waals surface area contributed by atoms with E-state index < -0.39 is 17.6 Å². The molecule has 0 aromatic heterocycles. The van der Waals surface area contributed by atoms with Crippen molar-refractivity contribution >= 4 is 23.3 Å². The van der Waals surface area contributed by atoms with Crippen LogP contribution >= 0.6 is 0 Å². The summed E-state index contributed by atoms with van der Waals surface area (Å²) >= 11 is 0. The molecular weight excluding hydrogens is 528 g/mol. The van der Waals surface area contributed by atoms with Gasteiger partial charge in [-0.05, 0) is 91.7 Å². The number of piperidine rings is 1. The molecular formula is C29H54N2O6Si2. The Kier molecular flexibility index (Phi) is 16.0. The van der Waals surface area contributed by atoms with Gasteiger partial charge < -0.3 is 26.6 Å². The molecule has 1 aromatic carbocycles. The molecule has 1 saturated heterocycles. The predicted octanol–water partition coefficient (Wildman–Crippen LogP) is 6.08. The van der Waals surface area contributed by atoms with Crippen LogP contribution in [-0.2, 0) is 39.4 Å². The van der Waals surface area contributed by atoms with E-state index in [1.807, 2.05) is 41.5 Å². The van der Waals surface area contributed by atoms with Gasteiger partial charge in [0.1, 0.15) is 0 Å². The second-order valence-electron chi connectivity index (χ2n) is 9.62. The molecule has 224 valence electrons. The summed E-state index contributed by atoms with van der Waals surface area (Å²) in [5.74, 6) is 0. The molecule has 1 aliphatic heterocycles. The lowest BCUT2D eigenvalue weighted by Crippen LogP contribution is -2.46. The van der Waals surface area contributed by atoms with Crippen LogP contribution in [0.2, 0.25) is 12.1 Å². The molecule has 0 aliphatic carbocycles. The molecule has 8 nitrogen and oxygen atoms in total. The third-order valence-electron chi connectivity index (χ3n) is 6.81. The van der Waals surface area contributed by atoms with Gasteiger partial charge in [-0.15, -0.1) is 0 Å². The van der Waals surface area contributed by atoms with E-state index in [1.165, 1.54) is 36.0 Å². The van der Waals surface area contributed by atoms with Crippen LogP contribution in [0.4, 0.5) is 0 Å². The molecule has 1 heterocycles. The molecule has 0 unspecified atom stereocenters. The number of rotatable bonds is 20. The number of hydrazone groups is 1. The largest absolute Gasteiger partial charge is 0.501 e. The maximum absolute atomic E-state index is 6.17. The summed E-state index contributed by atoms with van der Waals surface area (Å²) in [5.41, 5.74) is 4.76. The standard InChI is InChI=1S/C29H54N2O6Si2/c1-8-32-38(33-9-2,34-10-3)24-20-27-18-17-19-28(21-25-39(35-11-4,36-12-5)37-13-6)29(27)26(7)30-31-22-15-14-16-23-31/h17-19H,8-16,20-25H2,1-7H3/b30-26+. The van der Waals surface area contributed by atoms with Gasteiger partial charge >= 0.3 is 17.6 Å². The molecule has 0 amide bonds. The molecule has 0 saturated carbocycles. The minimum Gasteiger partial charge on any atom is -0.374 e. The van der Waals surface area contributed by atoms with Gasteiger partial charge in [0.2, 0.25) is 0 Å². The average Bonchev–Trinajstić information content (AvgIpc) is 2.92. The maximum atomic E-state index is 6.17. The SMILES string of the molecule is CCO[Si](CCc1cccc(CC[Si](OCC)(OCC)OCC)c1/C(C)=N/N1CCCCC1)(OCC)OCC. The minimum absolute atomic E-state index is 0.577. The second kappa shape index (κ2) is 18.3. The van der Waals surface area contributed by atoms with Gasteiger partial charge in [-0.3, -0.25) is 5.01 Å². The highest BCUT2D eigenvalue weighted by atomic mass is 28.4. The van der Waals surface area contributed by atoms with E-state index in [9.17, 15) is 0 Å². The Bertz CT molecular complexity index is 769. The molecule has 2 rings (SSSR count). The van der Waals surface area contributed by atoms with Gasteiger partial charge in [-0.1, -0.05) is 18.2 Å². The average molecular weight is 583 g/mol. The molecule has 0 bridgehead atoms. The molecule has 1 aromatic rings. The van der Waals surface area contributed by atoms with Crippen LogP contribution in [0, 0.1) is 0 Å². The Labute approximate surface area is 240 Å². The normalized spacial score (nSPS) is 15.3. The summed E-state index contributed by atoms with van der Waals surface area (Å²) in [4.78, 5) is 0. The topological polar surface area (TPSA) is 71.0 Å². The van der Waals surface area contributed by atoms with Crippen LogP contribution in [0.15, 0.2) is 23.3 Å². The third kappa shape index (κ3) is 10.7. The van der Waals surface area contributed by atoms with Crippen molar-refractivity contribution in [1.29, 1.82) is 0 Å². The molecule has 0 spiro atoms. The van der Waals surface area contributed by atoms with E-state index in [1.54, 1.807) is 0 Å². The van der Waals surface area contributed by atoms with Crippen LogP contribution in [-0.4, -0.2) is 81.1 Å². The van der Waals surface area contributed by atoms with Crippen molar-refractivity contribution in [3.05, 3.63) is 34.9 Å². The molecule has 0 radical (unpaired) electrons. The summed E-state index contributed by atoms with van der Waals surface area (Å²) < 4.78 is 37.0. The number of hydrogen-bond donors (Lipinski definition) is 0. The summed E-state index contributed by atoms with van der Waals surface area (Å²) in [6.07, 6.45) is 5.27. The van der Waals surface area contributed by atoms with E-state index in [0.717, 1.165) is 43.7 Å². The summed E-state index contributed by atoms with van der Waals surface area (Å²) in [6, 6.07) is 8.04. The van der Waals surface area contributed by atoms with Crippen molar-refractivity contribution < 1.29 is 26.6 Å².